The zero-order valence-electron chi connectivity index (χ0n) is 6.50. The number of thiazole rings is 1. The van der Waals surface area contributed by atoms with Crippen molar-refractivity contribution in [2.45, 2.75) is 0 Å². The highest BCUT2D eigenvalue weighted by molar-refractivity contribution is 7.18. The first kappa shape index (κ1) is 9.00. The lowest BCUT2D eigenvalue weighted by atomic mass is 10.2. The molecule has 1 heterocycles. The number of hydrogen-bond acceptors (Lipinski definition) is 2. The van der Waals surface area contributed by atoms with Crippen molar-refractivity contribution in [3.05, 3.63) is 40.0 Å². The van der Waals surface area contributed by atoms with Gasteiger partial charge in [0.2, 0.25) is 0 Å². The van der Waals surface area contributed by atoms with Crippen LogP contribution in [0.15, 0.2) is 30.5 Å². The summed E-state index contributed by atoms with van der Waals surface area (Å²) in [6.45, 7) is 0. The fourth-order valence-corrected chi connectivity index (χ4v) is 2.07. The smallest absolute Gasteiger partial charge is 0.184 e. The molecule has 0 aliphatic carbocycles. The van der Waals surface area contributed by atoms with Crippen molar-refractivity contribution in [2.24, 2.45) is 0 Å². The Morgan fingerprint density at radius 2 is 1.77 bits per heavy atom. The fourth-order valence-electron chi connectivity index (χ4n) is 1.00. The molecule has 1 aromatic carbocycles. The van der Waals surface area contributed by atoms with Crippen LogP contribution in [0.1, 0.15) is 0 Å². The molecule has 2 aromatic rings. The van der Waals surface area contributed by atoms with Gasteiger partial charge in [0.15, 0.2) is 4.47 Å². The molecule has 1 nitrogen and oxygen atoms in total. The molecular weight excluding hydrogens is 225 g/mol. The minimum atomic E-state index is 0.560. The Balaban J connectivity index is 2.41. The molecule has 0 atom stereocenters. The Kier molecular flexibility index (Phi) is 2.54. The van der Waals surface area contributed by atoms with Crippen molar-refractivity contribution in [2.75, 3.05) is 0 Å². The van der Waals surface area contributed by atoms with E-state index >= 15 is 0 Å². The summed E-state index contributed by atoms with van der Waals surface area (Å²) in [5.41, 5.74) is 1.09. The summed E-state index contributed by atoms with van der Waals surface area (Å²) in [6, 6.07) is 7.60. The number of rotatable bonds is 1. The molecule has 13 heavy (non-hydrogen) atoms. The molecule has 0 spiro atoms. The second kappa shape index (κ2) is 3.66. The summed E-state index contributed by atoms with van der Waals surface area (Å²) in [4.78, 5) is 5.02. The van der Waals surface area contributed by atoms with Crippen LogP contribution in [0.2, 0.25) is 9.49 Å². The van der Waals surface area contributed by atoms with Crippen molar-refractivity contribution >= 4 is 34.5 Å². The van der Waals surface area contributed by atoms with Crippen LogP contribution in [0.3, 0.4) is 0 Å². The monoisotopic (exact) mass is 229 g/mol. The third kappa shape index (κ3) is 2.02. The van der Waals surface area contributed by atoms with E-state index < -0.39 is 0 Å². The first-order valence-corrected chi connectivity index (χ1v) is 5.20. The number of aromatic nitrogens is 1. The lowest BCUT2D eigenvalue weighted by molar-refractivity contribution is 1.42. The average molecular weight is 230 g/mol. The van der Waals surface area contributed by atoms with E-state index in [1.54, 1.807) is 6.20 Å². The quantitative estimate of drug-likeness (QED) is 0.718. The molecule has 66 valence electrons. The first-order chi connectivity index (χ1) is 6.25. The third-order valence-corrected chi connectivity index (χ3v) is 3.02. The molecule has 2 rings (SSSR count). The molecule has 0 aliphatic rings. The minimum Gasteiger partial charge on any atom is -0.233 e. The van der Waals surface area contributed by atoms with Crippen LogP contribution in [0.5, 0.6) is 0 Å². The maximum absolute atomic E-state index is 5.77. The van der Waals surface area contributed by atoms with Crippen molar-refractivity contribution in [1.29, 1.82) is 0 Å². The van der Waals surface area contributed by atoms with E-state index in [-0.39, 0.29) is 0 Å². The van der Waals surface area contributed by atoms with Gasteiger partial charge in [-0.05, 0) is 17.7 Å². The van der Waals surface area contributed by atoms with Gasteiger partial charge in [-0.1, -0.05) is 35.3 Å². The van der Waals surface area contributed by atoms with E-state index in [0.29, 0.717) is 4.47 Å². The average Bonchev–Trinajstić information content (AvgIpc) is 2.53. The Morgan fingerprint density at radius 3 is 2.31 bits per heavy atom. The standard InChI is InChI=1S/C9H5Cl2NS/c10-7-3-1-6(2-4-7)8-5-12-9(11)13-8/h1-5H. The highest BCUT2D eigenvalue weighted by atomic mass is 35.5. The highest BCUT2D eigenvalue weighted by Gasteiger charge is 2.01. The lowest BCUT2D eigenvalue weighted by Crippen LogP contribution is -1.70. The van der Waals surface area contributed by atoms with Crippen LogP contribution in [-0.4, -0.2) is 4.98 Å². The zero-order valence-corrected chi connectivity index (χ0v) is 8.83. The van der Waals surface area contributed by atoms with Crippen molar-refractivity contribution in [1.82, 2.24) is 4.98 Å². The second-order valence-electron chi connectivity index (χ2n) is 2.48. The van der Waals surface area contributed by atoms with Crippen LogP contribution in [0, 0.1) is 0 Å². The maximum Gasteiger partial charge on any atom is 0.184 e. The SMILES string of the molecule is Clc1ccc(-c2cnc(Cl)s2)cc1. The van der Waals surface area contributed by atoms with Crippen LogP contribution in [0.25, 0.3) is 10.4 Å². The van der Waals surface area contributed by atoms with Crippen molar-refractivity contribution in [3.8, 4) is 10.4 Å². The van der Waals surface area contributed by atoms with E-state index in [1.807, 2.05) is 24.3 Å². The predicted octanol–water partition coefficient (Wildman–Crippen LogP) is 4.12. The first-order valence-electron chi connectivity index (χ1n) is 3.63. The van der Waals surface area contributed by atoms with Gasteiger partial charge in [-0.2, -0.15) is 0 Å². The molecule has 4 heteroatoms. The molecule has 0 bridgehead atoms. The summed E-state index contributed by atoms with van der Waals surface area (Å²) in [6.07, 6.45) is 1.76. The Bertz CT molecular complexity index is 408. The number of nitrogens with zero attached hydrogens (tertiary/aromatic N) is 1. The molecule has 0 saturated carbocycles. The molecule has 0 aliphatic heterocycles. The molecule has 0 fully saturated rings. The highest BCUT2D eigenvalue weighted by Crippen LogP contribution is 2.29. The fraction of sp³-hybridized carbons (Fsp3) is 0. The van der Waals surface area contributed by atoms with Crippen molar-refractivity contribution < 1.29 is 0 Å². The van der Waals surface area contributed by atoms with Gasteiger partial charge < -0.3 is 0 Å². The Labute approximate surface area is 90.0 Å². The van der Waals surface area contributed by atoms with Gasteiger partial charge in [-0.25, -0.2) is 4.98 Å². The van der Waals surface area contributed by atoms with Gasteiger partial charge in [-0.3, -0.25) is 0 Å². The van der Waals surface area contributed by atoms with E-state index in [4.69, 9.17) is 23.2 Å². The largest absolute Gasteiger partial charge is 0.233 e. The zero-order chi connectivity index (χ0) is 9.26. The predicted molar refractivity (Wildman–Crippen MR) is 57.6 cm³/mol. The van der Waals surface area contributed by atoms with E-state index in [0.717, 1.165) is 15.5 Å². The Morgan fingerprint density at radius 1 is 1.08 bits per heavy atom. The molecular formula is C9H5Cl2NS. The maximum atomic E-state index is 5.77. The molecule has 1 aromatic heterocycles. The number of benzene rings is 1. The second-order valence-corrected chi connectivity index (χ2v) is 4.53. The number of halogens is 2. The number of hydrogen-bond donors (Lipinski definition) is 0. The van der Waals surface area contributed by atoms with Crippen LogP contribution < -0.4 is 0 Å². The van der Waals surface area contributed by atoms with Gasteiger partial charge in [0.25, 0.3) is 0 Å². The molecule has 0 unspecified atom stereocenters. The van der Waals surface area contributed by atoms with Crippen LogP contribution in [-0.2, 0) is 0 Å². The lowest BCUT2D eigenvalue weighted by Gasteiger charge is -1.94. The van der Waals surface area contributed by atoms with E-state index in [9.17, 15) is 0 Å². The van der Waals surface area contributed by atoms with Gasteiger partial charge in [-0.15, -0.1) is 11.3 Å². The molecule has 0 radical (unpaired) electrons. The Hall–Kier alpha value is -0.570. The molecule has 0 amide bonds. The minimum absolute atomic E-state index is 0.560. The van der Waals surface area contributed by atoms with E-state index in [1.165, 1.54) is 11.3 Å². The molecule has 0 N–H and O–H groups in total. The summed E-state index contributed by atoms with van der Waals surface area (Å²) < 4.78 is 0.560. The van der Waals surface area contributed by atoms with Gasteiger partial charge in [0.1, 0.15) is 0 Å². The topological polar surface area (TPSA) is 12.9 Å². The van der Waals surface area contributed by atoms with E-state index in [2.05, 4.69) is 4.98 Å². The van der Waals surface area contributed by atoms with Gasteiger partial charge >= 0.3 is 0 Å². The van der Waals surface area contributed by atoms with Crippen LogP contribution >= 0.6 is 34.5 Å². The normalized spacial score (nSPS) is 10.3. The molecule has 0 saturated heterocycles. The summed E-state index contributed by atoms with van der Waals surface area (Å²) in [7, 11) is 0. The van der Waals surface area contributed by atoms with Gasteiger partial charge in [0, 0.05) is 11.2 Å². The third-order valence-electron chi connectivity index (χ3n) is 1.61. The van der Waals surface area contributed by atoms with Crippen molar-refractivity contribution in [3.63, 3.8) is 0 Å². The summed E-state index contributed by atoms with van der Waals surface area (Å²) in [5.74, 6) is 0. The summed E-state index contributed by atoms with van der Waals surface area (Å²) in [5, 5.41) is 0.736. The van der Waals surface area contributed by atoms with Crippen LogP contribution in [0.4, 0.5) is 0 Å². The summed E-state index contributed by atoms with van der Waals surface area (Å²) >= 11 is 12.9. The van der Waals surface area contributed by atoms with Gasteiger partial charge in [0.05, 0.1) is 4.88 Å².